The average Bonchev–Trinajstić information content (AvgIpc) is 2.60. The van der Waals surface area contributed by atoms with Gasteiger partial charge in [0.1, 0.15) is 0 Å². The highest BCUT2D eigenvalue weighted by atomic mass is 79.9. The van der Waals surface area contributed by atoms with Gasteiger partial charge < -0.3 is 9.47 Å². The number of nitrogens with zero attached hydrogens (tertiary/aromatic N) is 1. The molecule has 2 rings (SSSR count). The van der Waals surface area contributed by atoms with Gasteiger partial charge in [-0.05, 0) is 48.2 Å². The van der Waals surface area contributed by atoms with Crippen LogP contribution >= 0.6 is 15.9 Å². The lowest BCUT2D eigenvalue weighted by Crippen LogP contribution is -2.07. The number of methoxy groups -OCH3 is 2. The van der Waals surface area contributed by atoms with E-state index < -0.39 is 4.92 Å². The van der Waals surface area contributed by atoms with Crippen LogP contribution in [0.5, 0.6) is 0 Å². The number of non-ortho nitro benzene ring substituents is 1. The molecule has 24 heavy (non-hydrogen) atoms. The third-order valence-electron chi connectivity index (χ3n) is 3.98. The molecule has 0 radical (unpaired) electrons. The van der Waals surface area contributed by atoms with Crippen molar-refractivity contribution in [3.8, 4) is 0 Å². The molecule has 2 aromatic rings. The lowest BCUT2D eigenvalue weighted by Gasteiger charge is -2.20. The Morgan fingerprint density at radius 2 is 1.33 bits per heavy atom. The zero-order valence-electron chi connectivity index (χ0n) is 13.6. The molecule has 0 heterocycles. The highest BCUT2D eigenvalue weighted by molar-refractivity contribution is 9.10. The monoisotopic (exact) mass is 393 g/mol. The van der Waals surface area contributed by atoms with Crippen molar-refractivity contribution < 1.29 is 14.4 Å². The van der Waals surface area contributed by atoms with E-state index in [1.807, 2.05) is 24.3 Å². The first-order valence-corrected chi connectivity index (χ1v) is 8.40. The minimum Gasteiger partial charge on any atom is -0.377 e. The van der Waals surface area contributed by atoms with Gasteiger partial charge in [-0.1, -0.05) is 28.1 Å². The van der Waals surface area contributed by atoms with Crippen molar-refractivity contribution in [3.05, 3.63) is 74.2 Å². The highest BCUT2D eigenvalue weighted by Gasteiger charge is 2.17. The van der Waals surface area contributed by atoms with Crippen molar-refractivity contribution in [2.24, 2.45) is 0 Å². The molecule has 0 fully saturated rings. The quantitative estimate of drug-likeness (QED) is 0.455. The summed E-state index contributed by atoms with van der Waals surface area (Å²) in [6.07, 6.45) is 1.39. The summed E-state index contributed by atoms with van der Waals surface area (Å²) in [5.74, 6) is 0. The van der Waals surface area contributed by atoms with Crippen LogP contribution in [-0.2, 0) is 9.47 Å². The van der Waals surface area contributed by atoms with Crippen molar-refractivity contribution in [3.63, 3.8) is 0 Å². The molecule has 6 heteroatoms. The number of hydrogen-bond donors (Lipinski definition) is 0. The molecule has 128 valence electrons. The molecule has 0 N–H and O–H groups in total. The fraction of sp³-hybridized carbons (Fsp3) is 0.333. The van der Waals surface area contributed by atoms with Gasteiger partial charge in [-0.2, -0.15) is 0 Å². The van der Waals surface area contributed by atoms with E-state index in [0.29, 0.717) is 0 Å². The molecule has 2 atom stereocenters. The molecule has 2 aromatic carbocycles. The number of ether oxygens (including phenoxy) is 2. The Bertz CT molecular complexity index is 658. The minimum absolute atomic E-state index is 0.0196. The van der Waals surface area contributed by atoms with Crippen LogP contribution in [0.25, 0.3) is 0 Å². The molecule has 0 spiro atoms. The Kier molecular flexibility index (Phi) is 6.90. The molecule has 0 saturated heterocycles. The summed E-state index contributed by atoms with van der Waals surface area (Å²) in [5.41, 5.74) is 2.12. The maximum absolute atomic E-state index is 10.7. The molecular weight excluding hydrogens is 374 g/mol. The maximum atomic E-state index is 10.7. The van der Waals surface area contributed by atoms with E-state index in [1.54, 1.807) is 26.4 Å². The minimum atomic E-state index is -0.403. The van der Waals surface area contributed by atoms with Crippen LogP contribution in [0.15, 0.2) is 53.0 Å². The number of hydrogen-bond acceptors (Lipinski definition) is 4. The van der Waals surface area contributed by atoms with Gasteiger partial charge in [0.05, 0.1) is 17.1 Å². The van der Waals surface area contributed by atoms with Gasteiger partial charge in [0, 0.05) is 30.8 Å². The van der Waals surface area contributed by atoms with E-state index in [9.17, 15) is 10.1 Å². The maximum Gasteiger partial charge on any atom is 0.269 e. The molecule has 5 nitrogen and oxygen atoms in total. The summed E-state index contributed by atoms with van der Waals surface area (Å²) in [7, 11) is 3.34. The predicted molar refractivity (Wildman–Crippen MR) is 96.0 cm³/mol. The Morgan fingerprint density at radius 1 is 0.917 bits per heavy atom. The summed E-state index contributed by atoms with van der Waals surface area (Å²) in [6, 6.07) is 14.5. The number of benzene rings is 2. The second-order valence-corrected chi connectivity index (χ2v) is 6.34. The Hall–Kier alpha value is -1.76. The van der Waals surface area contributed by atoms with Crippen LogP contribution in [0, 0.1) is 10.1 Å². The van der Waals surface area contributed by atoms with Crippen molar-refractivity contribution in [2.75, 3.05) is 14.2 Å². The van der Waals surface area contributed by atoms with Crippen LogP contribution in [0.2, 0.25) is 0 Å². The number of rotatable bonds is 8. The lowest BCUT2D eigenvalue weighted by molar-refractivity contribution is -0.384. The van der Waals surface area contributed by atoms with Gasteiger partial charge >= 0.3 is 0 Å². The predicted octanol–water partition coefficient (Wildman–Crippen LogP) is 5.21. The van der Waals surface area contributed by atoms with Gasteiger partial charge in [0.15, 0.2) is 0 Å². The molecule has 0 aromatic heterocycles. The molecule has 0 aliphatic rings. The highest BCUT2D eigenvalue weighted by Crippen LogP contribution is 2.30. The van der Waals surface area contributed by atoms with E-state index in [-0.39, 0.29) is 17.9 Å². The third kappa shape index (κ3) is 4.87. The van der Waals surface area contributed by atoms with Crippen molar-refractivity contribution >= 4 is 21.6 Å². The summed E-state index contributed by atoms with van der Waals surface area (Å²) >= 11 is 3.43. The second-order valence-electron chi connectivity index (χ2n) is 5.43. The van der Waals surface area contributed by atoms with E-state index in [0.717, 1.165) is 28.4 Å². The molecular formula is C18H20BrNO4. The Labute approximate surface area is 149 Å². The van der Waals surface area contributed by atoms with Gasteiger partial charge in [-0.15, -0.1) is 0 Å². The van der Waals surface area contributed by atoms with Crippen molar-refractivity contribution in [1.29, 1.82) is 0 Å². The van der Waals surface area contributed by atoms with Crippen LogP contribution in [0.3, 0.4) is 0 Å². The Morgan fingerprint density at radius 3 is 1.71 bits per heavy atom. The van der Waals surface area contributed by atoms with E-state index in [1.165, 1.54) is 12.1 Å². The first-order chi connectivity index (χ1) is 11.5. The summed E-state index contributed by atoms with van der Waals surface area (Å²) in [6.45, 7) is 0. The number of halogens is 1. The van der Waals surface area contributed by atoms with E-state index in [2.05, 4.69) is 15.9 Å². The number of nitro benzene ring substituents is 1. The normalized spacial score (nSPS) is 13.5. The molecule has 0 bridgehead atoms. The Balaban J connectivity index is 2.03. The van der Waals surface area contributed by atoms with E-state index in [4.69, 9.17) is 9.47 Å². The fourth-order valence-corrected chi connectivity index (χ4v) is 2.90. The molecule has 0 amide bonds. The summed E-state index contributed by atoms with van der Waals surface area (Å²) in [5, 5.41) is 10.7. The third-order valence-corrected chi connectivity index (χ3v) is 4.51. The molecule has 0 aliphatic heterocycles. The zero-order valence-corrected chi connectivity index (χ0v) is 15.2. The van der Waals surface area contributed by atoms with Gasteiger partial charge in [-0.3, -0.25) is 10.1 Å². The van der Waals surface area contributed by atoms with Gasteiger partial charge in [0.25, 0.3) is 5.69 Å². The molecule has 0 aliphatic carbocycles. The van der Waals surface area contributed by atoms with Crippen LogP contribution < -0.4 is 0 Å². The first-order valence-electron chi connectivity index (χ1n) is 7.60. The topological polar surface area (TPSA) is 61.6 Å². The molecule has 0 saturated carbocycles. The van der Waals surface area contributed by atoms with Crippen LogP contribution in [-0.4, -0.2) is 19.1 Å². The average molecular weight is 394 g/mol. The fourth-order valence-electron chi connectivity index (χ4n) is 2.63. The van der Waals surface area contributed by atoms with Crippen LogP contribution in [0.1, 0.15) is 36.2 Å². The van der Waals surface area contributed by atoms with Crippen molar-refractivity contribution in [2.45, 2.75) is 25.0 Å². The summed E-state index contributed by atoms with van der Waals surface area (Å²) in [4.78, 5) is 10.3. The molecule has 2 unspecified atom stereocenters. The van der Waals surface area contributed by atoms with E-state index >= 15 is 0 Å². The second kappa shape index (κ2) is 8.92. The summed E-state index contributed by atoms with van der Waals surface area (Å²) < 4.78 is 12.2. The smallest absolute Gasteiger partial charge is 0.269 e. The zero-order chi connectivity index (χ0) is 17.5. The SMILES string of the molecule is COC(CCC(OC)c1ccc([N+](=O)[O-])cc1)c1ccc(Br)cc1. The van der Waals surface area contributed by atoms with Crippen molar-refractivity contribution in [1.82, 2.24) is 0 Å². The van der Waals surface area contributed by atoms with Gasteiger partial charge in [0.2, 0.25) is 0 Å². The standard InChI is InChI=1S/C18H20BrNO4/c1-23-17(13-3-7-15(19)8-4-13)11-12-18(24-2)14-5-9-16(10-6-14)20(21)22/h3-10,17-18H,11-12H2,1-2H3. The van der Waals surface area contributed by atoms with Crippen LogP contribution in [0.4, 0.5) is 5.69 Å². The first kappa shape index (κ1) is 18.6. The van der Waals surface area contributed by atoms with Gasteiger partial charge in [-0.25, -0.2) is 0 Å². The number of nitro groups is 1. The lowest BCUT2D eigenvalue weighted by atomic mass is 9.99. The largest absolute Gasteiger partial charge is 0.377 e.